The molecule has 1 rings (SSSR count). The molecule has 0 amide bonds. The topological polar surface area (TPSA) is 33.1 Å². The Hall–Kier alpha value is -0.540. The molecular formula is C7H11NOS. The Bertz CT molecular complexity index is 152. The summed E-state index contributed by atoms with van der Waals surface area (Å²) in [6, 6.07) is 4.07. The van der Waals surface area contributed by atoms with Crippen LogP contribution in [-0.2, 0) is 0 Å². The molecule has 1 aromatic rings. The summed E-state index contributed by atoms with van der Waals surface area (Å²) < 4.78 is 6.69. The number of thiol groups is 1. The van der Waals surface area contributed by atoms with Crippen LogP contribution < -0.4 is 0 Å². The maximum atomic E-state index is 6.69. The molecule has 1 N–H and O–H groups in total. The van der Waals surface area contributed by atoms with Gasteiger partial charge in [-0.15, -0.1) is 0 Å². The van der Waals surface area contributed by atoms with Crippen molar-refractivity contribution >= 4 is 12.9 Å². The molecule has 2 nitrogen and oxygen atoms in total. The van der Waals surface area contributed by atoms with Gasteiger partial charge in [0.25, 0.3) is 0 Å². The van der Waals surface area contributed by atoms with E-state index in [1.807, 2.05) is 26.1 Å². The van der Waals surface area contributed by atoms with E-state index in [1.165, 1.54) is 5.56 Å². The van der Waals surface area contributed by atoms with Crippen LogP contribution in [0.3, 0.4) is 0 Å². The quantitative estimate of drug-likeness (QED) is 0.446. The van der Waals surface area contributed by atoms with Crippen LogP contribution in [0.4, 0.5) is 0 Å². The fourth-order valence-electron chi connectivity index (χ4n) is 0.542. The first-order valence-corrected chi connectivity index (χ1v) is 3.28. The molecule has 3 heteroatoms. The van der Waals surface area contributed by atoms with Crippen LogP contribution in [0.15, 0.2) is 18.3 Å². The summed E-state index contributed by atoms with van der Waals surface area (Å²) in [6.07, 6.45) is 1.87. The lowest BCUT2D eigenvalue weighted by molar-refractivity contribution is 0.679. The second-order valence-corrected chi connectivity index (χ2v) is 1.98. The number of hydrogen-bond donors (Lipinski definition) is 2. The van der Waals surface area contributed by atoms with Crippen molar-refractivity contribution in [3.8, 4) is 0 Å². The van der Waals surface area contributed by atoms with E-state index >= 15 is 0 Å². The third kappa shape index (κ3) is 3.48. The zero-order valence-electron chi connectivity index (χ0n) is 6.07. The van der Waals surface area contributed by atoms with Crippen LogP contribution in [0.5, 0.6) is 0 Å². The van der Waals surface area contributed by atoms with E-state index in [4.69, 9.17) is 4.55 Å². The Labute approximate surface area is 66.5 Å². The van der Waals surface area contributed by atoms with Crippen molar-refractivity contribution in [1.82, 2.24) is 4.98 Å². The molecular weight excluding hydrogens is 146 g/mol. The maximum absolute atomic E-state index is 6.69. The van der Waals surface area contributed by atoms with Gasteiger partial charge in [0.15, 0.2) is 0 Å². The first-order chi connectivity index (χ1) is 4.79. The van der Waals surface area contributed by atoms with E-state index in [0.717, 1.165) is 5.69 Å². The highest BCUT2D eigenvalue weighted by atomic mass is 32.1. The molecule has 1 heterocycles. The lowest BCUT2D eigenvalue weighted by Gasteiger charge is -1.89. The standard InChI is InChI=1S/C7H9N.H2OS/c1-6-3-4-7(2)8-5-6;1-2/h3-5H,1-2H3;1-2H. The van der Waals surface area contributed by atoms with Gasteiger partial charge in [-0.25, -0.2) is 0 Å². The summed E-state index contributed by atoms with van der Waals surface area (Å²) in [5, 5.41) is 0. The van der Waals surface area contributed by atoms with E-state index in [0.29, 0.717) is 0 Å². The van der Waals surface area contributed by atoms with Gasteiger partial charge in [0.2, 0.25) is 0 Å². The molecule has 0 unspecified atom stereocenters. The lowest BCUT2D eigenvalue weighted by Crippen LogP contribution is -1.78. The molecule has 0 aliphatic carbocycles. The summed E-state index contributed by atoms with van der Waals surface area (Å²) in [4.78, 5) is 4.08. The summed E-state index contributed by atoms with van der Waals surface area (Å²) in [5.74, 6) is 0. The third-order valence-corrected chi connectivity index (χ3v) is 1.06. The fraction of sp³-hybridized carbons (Fsp3) is 0.286. The van der Waals surface area contributed by atoms with Crippen LogP contribution in [-0.4, -0.2) is 9.54 Å². The van der Waals surface area contributed by atoms with Crippen LogP contribution in [0.2, 0.25) is 0 Å². The van der Waals surface area contributed by atoms with Gasteiger partial charge < -0.3 is 4.55 Å². The summed E-state index contributed by atoms with van der Waals surface area (Å²) >= 11 is 2.53. The predicted molar refractivity (Wildman–Crippen MR) is 45.3 cm³/mol. The third-order valence-electron chi connectivity index (χ3n) is 1.06. The summed E-state index contributed by atoms with van der Waals surface area (Å²) in [5.41, 5.74) is 2.30. The van der Waals surface area contributed by atoms with Gasteiger partial charge in [-0.05, 0) is 38.4 Å². The molecule has 0 bridgehead atoms. The van der Waals surface area contributed by atoms with E-state index in [2.05, 4.69) is 24.0 Å². The van der Waals surface area contributed by atoms with Crippen LogP contribution >= 0.6 is 12.9 Å². The molecule has 0 aromatic carbocycles. The minimum absolute atomic E-state index is 1.08. The van der Waals surface area contributed by atoms with Crippen molar-refractivity contribution in [2.45, 2.75) is 13.8 Å². The molecule has 0 aliphatic heterocycles. The number of aromatic nitrogens is 1. The Morgan fingerprint density at radius 1 is 1.30 bits per heavy atom. The highest BCUT2D eigenvalue weighted by Crippen LogP contribution is 1.94. The molecule has 56 valence electrons. The van der Waals surface area contributed by atoms with Gasteiger partial charge in [-0.1, -0.05) is 6.07 Å². The Morgan fingerprint density at radius 2 is 1.90 bits per heavy atom. The van der Waals surface area contributed by atoms with Gasteiger partial charge in [-0.2, -0.15) is 0 Å². The normalized spacial score (nSPS) is 8.00. The average molecular weight is 157 g/mol. The van der Waals surface area contributed by atoms with Gasteiger partial charge in [0, 0.05) is 11.9 Å². The molecule has 10 heavy (non-hydrogen) atoms. The largest absolute Gasteiger partial charge is 0.333 e. The van der Waals surface area contributed by atoms with Crippen molar-refractivity contribution in [3.05, 3.63) is 29.6 Å². The molecule has 0 spiro atoms. The van der Waals surface area contributed by atoms with E-state index in [-0.39, 0.29) is 0 Å². The van der Waals surface area contributed by atoms with Crippen molar-refractivity contribution in [2.75, 3.05) is 0 Å². The van der Waals surface area contributed by atoms with Crippen molar-refractivity contribution in [1.29, 1.82) is 0 Å². The predicted octanol–water partition coefficient (Wildman–Crippen LogP) is 2.09. The highest BCUT2D eigenvalue weighted by Gasteiger charge is 1.81. The molecule has 0 atom stereocenters. The Kier molecular flexibility index (Phi) is 4.98. The number of rotatable bonds is 0. The van der Waals surface area contributed by atoms with Gasteiger partial charge in [0.05, 0.1) is 0 Å². The first kappa shape index (κ1) is 9.46. The number of hydrogen-bond acceptors (Lipinski definition) is 3. The molecule has 0 saturated heterocycles. The first-order valence-electron chi connectivity index (χ1n) is 2.88. The minimum atomic E-state index is 1.08. The smallest absolute Gasteiger partial charge is 0.0372 e. The maximum Gasteiger partial charge on any atom is 0.0372 e. The summed E-state index contributed by atoms with van der Waals surface area (Å²) in [7, 11) is 0. The highest BCUT2D eigenvalue weighted by molar-refractivity contribution is 7.74. The second-order valence-electron chi connectivity index (χ2n) is 1.98. The average Bonchev–Trinajstić information content (AvgIpc) is 2.00. The number of aryl methyl sites for hydroxylation is 2. The van der Waals surface area contributed by atoms with Crippen LogP contribution in [0, 0.1) is 13.8 Å². The van der Waals surface area contributed by atoms with Crippen molar-refractivity contribution in [2.24, 2.45) is 0 Å². The summed E-state index contributed by atoms with van der Waals surface area (Å²) in [6.45, 7) is 4.02. The second kappa shape index (κ2) is 5.26. The van der Waals surface area contributed by atoms with E-state index in [9.17, 15) is 0 Å². The fourth-order valence-corrected chi connectivity index (χ4v) is 0.542. The van der Waals surface area contributed by atoms with Gasteiger partial charge in [0.1, 0.15) is 0 Å². The van der Waals surface area contributed by atoms with E-state index < -0.39 is 0 Å². The van der Waals surface area contributed by atoms with Gasteiger partial charge in [-0.3, -0.25) is 4.98 Å². The zero-order chi connectivity index (χ0) is 7.98. The van der Waals surface area contributed by atoms with E-state index in [1.54, 1.807) is 0 Å². The molecule has 0 aliphatic rings. The number of nitrogens with zero attached hydrogens (tertiary/aromatic N) is 1. The molecule has 0 radical (unpaired) electrons. The molecule has 0 fully saturated rings. The van der Waals surface area contributed by atoms with Gasteiger partial charge >= 0.3 is 0 Å². The minimum Gasteiger partial charge on any atom is -0.333 e. The number of pyridine rings is 1. The monoisotopic (exact) mass is 157 g/mol. The van der Waals surface area contributed by atoms with Crippen LogP contribution in [0.1, 0.15) is 11.3 Å². The van der Waals surface area contributed by atoms with Crippen molar-refractivity contribution in [3.63, 3.8) is 0 Å². The van der Waals surface area contributed by atoms with Crippen LogP contribution in [0.25, 0.3) is 0 Å². The van der Waals surface area contributed by atoms with Crippen molar-refractivity contribution < 1.29 is 4.55 Å². The lowest BCUT2D eigenvalue weighted by atomic mass is 10.3. The SMILES string of the molecule is Cc1ccc(C)nc1.OS. The molecule has 0 saturated carbocycles. The Balaban J connectivity index is 0.000000371. The Morgan fingerprint density at radius 3 is 2.20 bits per heavy atom. The zero-order valence-corrected chi connectivity index (χ0v) is 6.97. The molecule has 1 aromatic heterocycles.